The SMILES string of the molecule is NCc1nc(CN2CCOC3CCCC32)no1. The van der Waals surface area contributed by atoms with Crippen molar-refractivity contribution in [2.45, 2.75) is 44.5 Å². The first kappa shape index (κ1) is 11.1. The van der Waals surface area contributed by atoms with Crippen molar-refractivity contribution in [3.8, 4) is 0 Å². The Morgan fingerprint density at radius 1 is 1.41 bits per heavy atom. The van der Waals surface area contributed by atoms with Crippen LogP contribution in [0.25, 0.3) is 0 Å². The van der Waals surface area contributed by atoms with Gasteiger partial charge in [-0.25, -0.2) is 0 Å². The maximum Gasteiger partial charge on any atom is 0.240 e. The molecule has 1 aliphatic carbocycles. The average Bonchev–Trinajstić information content (AvgIpc) is 2.97. The second-order valence-electron chi connectivity index (χ2n) is 4.69. The molecule has 2 N–H and O–H groups in total. The summed E-state index contributed by atoms with van der Waals surface area (Å²) in [5.74, 6) is 1.24. The molecule has 1 aromatic heterocycles. The molecule has 0 spiro atoms. The molecule has 2 atom stereocenters. The quantitative estimate of drug-likeness (QED) is 0.815. The highest BCUT2D eigenvalue weighted by atomic mass is 16.5. The molecule has 1 saturated carbocycles. The van der Waals surface area contributed by atoms with Gasteiger partial charge in [-0.1, -0.05) is 5.16 Å². The summed E-state index contributed by atoms with van der Waals surface area (Å²) in [5.41, 5.74) is 5.45. The van der Waals surface area contributed by atoms with Crippen LogP contribution in [-0.4, -0.2) is 40.3 Å². The van der Waals surface area contributed by atoms with Crippen molar-refractivity contribution in [2.24, 2.45) is 5.73 Å². The van der Waals surface area contributed by atoms with Gasteiger partial charge in [0.15, 0.2) is 5.82 Å². The molecule has 2 fully saturated rings. The Labute approximate surface area is 100 Å². The van der Waals surface area contributed by atoms with E-state index < -0.39 is 0 Å². The van der Waals surface area contributed by atoms with Gasteiger partial charge in [0.1, 0.15) is 0 Å². The Hall–Kier alpha value is -0.980. The summed E-state index contributed by atoms with van der Waals surface area (Å²) < 4.78 is 10.8. The number of morpholine rings is 1. The van der Waals surface area contributed by atoms with Crippen molar-refractivity contribution in [1.82, 2.24) is 15.0 Å². The van der Waals surface area contributed by atoms with Crippen LogP contribution in [0.4, 0.5) is 0 Å². The van der Waals surface area contributed by atoms with Crippen LogP contribution >= 0.6 is 0 Å². The topological polar surface area (TPSA) is 77.4 Å². The van der Waals surface area contributed by atoms with Crippen molar-refractivity contribution < 1.29 is 9.26 Å². The lowest BCUT2D eigenvalue weighted by molar-refractivity contribution is -0.0597. The summed E-state index contributed by atoms with van der Waals surface area (Å²) in [6, 6.07) is 0.531. The molecule has 0 amide bonds. The van der Waals surface area contributed by atoms with Gasteiger partial charge in [-0.05, 0) is 19.3 Å². The van der Waals surface area contributed by atoms with Crippen molar-refractivity contribution >= 4 is 0 Å². The molecule has 1 aliphatic heterocycles. The molecule has 6 nitrogen and oxygen atoms in total. The second-order valence-corrected chi connectivity index (χ2v) is 4.69. The third-order valence-corrected chi connectivity index (χ3v) is 3.63. The lowest BCUT2D eigenvalue weighted by Gasteiger charge is -2.36. The van der Waals surface area contributed by atoms with Crippen LogP contribution in [0.1, 0.15) is 31.0 Å². The highest BCUT2D eigenvalue weighted by molar-refractivity contribution is 4.93. The fourth-order valence-corrected chi connectivity index (χ4v) is 2.82. The number of hydrogen-bond donors (Lipinski definition) is 1. The number of fused-ring (bicyclic) bond motifs is 1. The van der Waals surface area contributed by atoms with Crippen molar-refractivity contribution in [2.75, 3.05) is 13.2 Å². The van der Waals surface area contributed by atoms with Crippen molar-refractivity contribution in [3.63, 3.8) is 0 Å². The minimum atomic E-state index is 0.308. The Kier molecular flexibility index (Phi) is 3.09. The Morgan fingerprint density at radius 2 is 2.35 bits per heavy atom. The van der Waals surface area contributed by atoms with Crippen molar-refractivity contribution in [3.05, 3.63) is 11.7 Å². The molecule has 94 valence electrons. The Bertz CT molecular complexity index is 381. The van der Waals surface area contributed by atoms with Crippen LogP contribution in [0.5, 0.6) is 0 Å². The van der Waals surface area contributed by atoms with Gasteiger partial charge >= 0.3 is 0 Å². The van der Waals surface area contributed by atoms with Gasteiger partial charge in [0, 0.05) is 12.6 Å². The summed E-state index contributed by atoms with van der Waals surface area (Å²) in [5, 5.41) is 3.95. The molecule has 0 aromatic carbocycles. The zero-order valence-corrected chi connectivity index (χ0v) is 9.84. The number of nitrogens with zero attached hydrogens (tertiary/aromatic N) is 3. The third kappa shape index (κ3) is 2.20. The predicted molar refractivity (Wildman–Crippen MR) is 60.0 cm³/mol. The van der Waals surface area contributed by atoms with Crippen LogP contribution in [0.2, 0.25) is 0 Å². The normalized spacial score (nSPS) is 29.5. The molecular formula is C11H18N4O2. The van der Waals surface area contributed by atoms with E-state index >= 15 is 0 Å². The smallest absolute Gasteiger partial charge is 0.240 e. The number of aromatic nitrogens is 2. The first-order valence-corrected chi connectivity index (χ1v) is 6.24. The molecule has 2 aliphatic rings. The maximum atomic E-state index is 5.77. The lowest BCUT2D eigenvalue weighted by atomic mass is 10.1. The minimum absolute atomic E-state index is 0.308. The van der Waals surface area contributed by atoms with Crippen LogP contribution in [0.3, 0.4) is 0 Å². The molecule has 2 unspecified atom stereocenters. The average molecular weight is 238 g/mol. The third-order valence-electron chi connectivity index (χ3n) is 3.63. The monoisotopic (exact) mass is 238 g/mol. The van der Waals surface area contributed by atoms with Gasteiger partial charge in [0.05, 0.1) is 25.8 Å². The fourth-order valence-electron chi connectivity index (χ4n) is 2.82. The molecule has 17 heavy (non-hydrogen) atoms. The number of ether oxygens (including phenoxy) is 1. The molecule has 0 bridgehead atoms. The predicted octanol–water partition coefficient (Wildman–Crippen LogP) is 0.282. The summed E-state index contributed by atoms with van der Waals surface area (Å²) in [6.45, 7) is 2.81. The molecule has 1 aromatic rings. The van der Waals surface area contributed by atoms with Gasteiger partial charge in [-0.3, -0.25) is 4.90 Å². The van der Waals surface area contributed by atoms with Gasteiger partial charge in [-0.2, -0.15) is 4.98 Å². The van der Waals surface area contributed by atoms with E-state index in [2.05, 4.69) is 15.0 Å². The summed E-state index contributed by atoms with van der Waals surface area (Å²) >= 11 is 0. The van der Waals surface area contributed by atoms with E-state index in [0.717, 1.165) is 25.5 Å². The van der Waals surface area contributed by atoms with E-state index in [4.69, 9.17) is 15.0 Å². The largest absolute Gasteiger partial charge is 0.375 e. The summed E-state index contributed by atoms with van der Waals surface area (Å²) in [6.07, 6.45) is 4.06. The zero-order valence-electron chi connectivity index (χ0n) is 9.84. The van der Waals surface area contributed by atoms with E-state index in [0.29, 0.717) is 24.6 Å². The second kappa shape index (κ2) is 4.72. The molecule has 1 saturated heterocycles. The van der Waals surface area contributed by atoms with Gasteiger partial charge in [0.25, 0.3) is 0 Å². The van der Waals surface area contributed by atoms with Crippen LogP contribution < -0.4 is 5.73 Å². The number of rotatable bonds is 3. The summed E-state index contributed by atoms with van der Waals surface area (Å²) in [7, 11) is 0. The van der Waals surface area contributed by atoms with E-state index in [1.165, 1.54) is 19.3 Å². The Morgan fingerprint density at radius 3 is 3.18 bits per heavy atom. The molecular weight excluding hydrogens is 220 g/mol. The van der Waals surface area contributed by atoms with Gasteiger partial charge in [-0.15, -0.1) is 0 Å². The first-order valence-electron chi connectivity index (χ1n) is 6.24. The van der Waals surface area contributed by atoms with E-state index in [-0.39, 0.29) is 0 Å². The highest BCUT2D eigenvalue weighted by Crippen LogP contribution is 2.30. The van der Waals surface area contributed by atoms with Crippen LogP contribution in [0.15, 0.2) is 4.52 Å². The number of hydrogen-bond acceptors (Lipinski definition) is 6. The Balaban J connectivity index is 1.67. The lowest BCUT2D eigenvalue weighted by Crippen LogP contribution is -2.48. The summed E-state index contributed by atoms with van der Waals surface area (Å²) in [4.78, 5) is 6.66. The molecule has 2 heterocycles. The highest BCUT2D eigenvalue weighted by Gasteiger charge is 2.36. The minimum Gasteiger partial charge on any atom is -0.375 e. The standard InChI is InChI=1S/C11H18N4O2/c12-6-11-13-10(14-17-11)7-15-4-5-16-9-3-1-2-8(9)15/h8-9H,1-7,12H2. The molecule has 0 radical (unpaired) electrons. The maximum absolute atomic E-state index is 5.77. The van der Waals surface area contributed by atoms with Gasteiger partial charge in [0.2, 0.25) is 5.89 Å². The van der Waals surface area contributed by atoms with Crippen molar-refractivity contribution in [1.29, 1.82) is 0 Å². The first-order chi connectivity index (χ1) is 8.36. The number of nitrogens with two attached hydrogens (primary N) is 1. The van der Waals surface area contributed by atoms with Crippen LogP contribution in [0, 0.1) is 0 Å². The molecule has 3 rings (SSSR count). The van der Waals surface area contributed by atoms with E-state index in [1.807, 2.05) is 0 Å². The van der Waals surface area contributed by atoms with Crippen LogP contribution in [-0.2, 0) is 17.8 Å². The zero-order chi connectivity index (χ0) is 11.7. The fraction of sp³-hybridized carbons (Fsp3) is 0.818. The van der Waals surface area contributed by atoms with Gasteiger partial charge < -0.3 is 15.0 Å². The van der Waals surface area contributed by atoms with E-state index in [1.54, 1.807) is 0 Å². The molecule has 6 heteroatoms. The van der Waals surface area contributed by atoms with E-state index in [9.17, 15) is 0 Å².